The van der Waals surface area contributed by atoms with E-state index in [1.807, 2.05) is 6.20 Å². The monoisotopic (exact) mass is 191 g/mol. The number of rotatable bonds is 5. The van der Waals surface area contributed by atoms with Crippen molar-refractivity contribution in [3.05, 3.63) is 12.4 Å². The second kappa shape index (κ2) is 3.30. The molecule has 0 bridgehead atoms. The lowest BCUT2D eigenvalue weighted by Gasteiger charge is -2.15. The Kier molecular flexibility index (Phi) is 1.96. The molecular formula is C11H17N3. The number of nitrogens with one attached hydrogen (secondary N) is 2. The molecule has 2 aliphatic rings. The van der Waals surface area contributed by atoms with Crippen molar-refractivity contribution in [1.29, 1.82) is 0 Å². The molecule has 2 N–H and O–H groups in total. The zero-order valence-corrected chi connectivity index (χ0v) is 8.37. The lowest BCUT2D eigenvalue weighted by molar-refractivity contribution is 0.427. The molecule has 2 fully saturated rings. The van der Waals surface area contributed by atoms with Gasteiger partial charge in [0.15, 0.2) is 5.95 Å². The number of hydrogen-bond acceptors (Lipinski definition) is 2. The Labute approximate surface area is 84.3 Å². The molecule has 0 aliphatic heterocycles. The second-order valence-electron chi connectivity index (χ2n) is 4.66. The van der Waals surface area contributed by atoms with Gasteiger partial charge in [0.2, 0.25) is 0 Å². The first kappa shape index (κ1) is 8.33. The Morgan fingerprint density at radius 1 is 1.36 bits per heavy atom. The van der Waals surface area contributed by atoms with Crippen LogP contribution < -0.4 is 5.32 Å². The molecule has 14 heavy (non-hydrogen) atoms. The average molecular weight is 191 g/mol. The fourth-order valence-corrected chi connectivity index (χ4v) is 2.34. The Morgan fingerprint density at radius 3 is 2.57 bits per heavy atom. The maximum absolute atomic E-state index is 4.18. The third-order valence-corrected chi connectivity index (χ3v) is 3.46. The highest BCUT2D eigenvalue weighted by molar-refractivity contribution is 5.23. The molecule has 3 heteroatoms. The summed E-state index contributed by atoms with van der Waals surface area (Å²) in [5.41, 5.74) is 0. The fourth-order valence-electron chi connectivity index (χ4n) is 2.34. The van der Waals surface area contributed by atoms with Gasteiger partial charge in [-0.3, -0.25) is 0 Å². The van der Waals surface area contributed by atoms with Crippen LogP contribution in [0.25, 0.3) is 0 Å². The van der Waals surface area contributed by atoms with E-state index in [0.717, 1.165) is 30.2 Å². The summed E-state index contributed by atoms with van der Waals surface area (Å²) in [7, 11) is 0. The van der Waals surface area contributed by atoms with Crippen molar-refractivity contribution in [2.45, 2.75) is 25.7 Å². The van der Waals surface area contributed by atoms with Crippen molar-refractivity contribution in [1.82, 2.24) is 9.97 Å². The van der Waals surface area contributed by atoms with Gasteiger partial charge >= 0.3 is 0 Å². The van der Waals surface area contributed by atoms with Crippen LogP contribution in [0.15, 0.2) is 12.4 Å². The largest absolute Gasteiger partial charge is 0.356 e. The van der Waals surface area contributed by atoms with E-state index < -0.39 is 0 Å². The van der Waals surface area contributed by atoms with Crippen molar-refractivity contribution in [2.24, 2.45) is 17.8 Å². The van der Waals surface area contributed by atoms with Crippen LogP contribution in [0.4, 0.5) is 5.95 Å². The lowest BCUT2D eigenvalue weighted by Crippen LogP contribution is -2.18. The second-order valence-corrected chi connectivity index (χ2v) is 4.66. The number of H-pyrrole nitrogens is 1. The van der Waals surface area contributed by atoms with Crippen LogP contribution >= 0.6 is 0 Å². The number of anilines is 1. The van der Waals surface area contributed by atoms with Gasteiger partial charge in [-0.1, -0.05) is 0 Å². The summed E-state index contributed by atoms with van der Waals surface area (Å²) in [4.78, 5) is 7.27. The summed E-state index contributed by atoms with van der Waals surface area (Å²) in [5, 5.41) is 3.40. The summed E-state index contributed by atoms with van der Waals surface area (Å²) < 4.78 is 0. The van der Waals surface area contributed by atoms with Gasteiger partial charge in [-0.05, 0) is 43.4 Å². The molecule has 2 saturated carbocycles. The van der Waals surface area contributed by atoms with E-state index in [-0.39, 0.29) is 0 Å². The van der Waals surface area contributed by atoms with Crippen LogP contribution in [0.3, 0.4) is 0 Å². The zero-order chi connectivity index (χ0) is 9.38. The van der Waals surface area contributed by atoms with Crippen molar-refractivity contribution in [3.8, 4) is 0 Å². The standard InChI is InChI=1S/C11H17N3/c1-2-8(1)10(9-3-4-9)7-14-11-12-5-6-13-11/h5-6,8-10H,1-4,7H2,(H2,12,13,14). The Bertz CT molecular complexity index is 273. The van der Waals surface area contributed by atoms with Crippen molar-refractivity contribution >= 4 is 5.95 Å². The Morgan fingerprint density at radius 2 is 2.07 bits per heavy atom. The average Bonchev–Trinajstić information content (AvgIpc) is 3.09. The first-order chi connectivity index (χ1) is 6.93. The molecule has 0 atom stereocenters. The molecule has 2 aliphatic carbocycles. The molecule has 0 amide bonds. The zero-order valence-electron chi connectivity index (χ0n) is 8.37. The highest BCUT2D eigenvalue weighted by atomic mass is 15.1. The van der Waals surface area contributed by atoms with E-state index in [2.05, 4.69) is 15.3 Å². The van der Waals surface area contributed by atoms with Gasteiger partial charge in [0.05, 0.1) is 0 Å². The van der Waals surface area contributed by atoms with E-state index >= 15 is 0 Å². The summed E-state index contributed by atoms with van der Waals surface area (Å²) in [6, 6.07) is 0. The maximum Gasteiger partial charge on any atom is 0.200 e. The third kappa shape index (κ3) is 1.76. The van der Waals surface area contributed by atoms with Crippen LogP contribution in [-0.2, 0) is 0 Å². The van der Waals surface area contributed by atoms with Gasteiger partial charge < -0.3 is 10.3 Å². The SMILES string of the molecule is c1c[nH]c(NCC(C2CC2)C2CC2)n1. The summed E-state index contributed by atoms with van der Waals surface area (Å²) >= 11 is 0. The first-order valence-electron chi connectivity index (χ1n) is 5.67. The Balaban J connectivity index is 1.54. The van der Waals surface area contributed by atoms with E-state index in [9.17, 15) is 0 Å². The highest BCUT2D eigenvalue weighted by Crippen LogP contribution is 2.49. The van der Waals surface area contributed by atoms with Gasteiger partial charge in [-0.2, -0.15) is 0 Å². The molecule has 1 aromatic rings. The molecule has 3 rings (SSSR count). The van der Waals surface area contributed by atoms with Crippen LogP contribution in [0, 0.1) is 17.8 Å². The predicted molar refractivity (Wildman–Crippen MR) is 56.0 cm³/mol. The quantitative estimate of drug-likeness (QED) is 0.749. The van der Waals surface area contributed by atoms with Gasteiger partial charge in [-0.25, -0.2) is 4.98 Å². The van der Waals surface area contributed by atoms with Crippen molar-refractivity contribution in [2.75, 3.05) is 11.9 Å². The third-order valence-electron chi connectivity index (χ3n) is 3.46. The van der Waals surface area contributed by atoms with Gasteiger partial charge in [0.1, 0.15) is 0 Å². The molecule has 1 heterocycles. The van der Waals surface area contributed by atoms with E-state index in [4.69, 9.17) is 0 Å². The van der Waals surface area contributed by atoms with Gasteiger partial charge in [0, 0.05) is 18.9 Å². The van der Waals surface area contributed by atoms with E-state index in [1.54, 1.807) is 6.20 Å². The summed E-state index contributed by atoms with van der Waals surface area (Å²) in [6.07, 6.45) is 9.50. The van der Waals surface area contributed by atoms with Crippen molar-refractivity contribution in [3.63, 3.8) is 0 Å². The molecule has 3 nitrogen and oxygen atoms in total. The number of imidazole rings is 1. The fraction of sp³-hybridized carbons (Fsp3) is 0.727. The molecule has 0 unspecified atom stereocenters. The van der Waals surface area contributed by atoms with Crippen LogP contribution in [0.5, 0.6) is 0 Å². The van der Waals surface area contributed by atoms with Crippen LogP contribution in [0.2, 0.25) is 0 Å². The lowest BCUT2D eigenvalue weighted by atomic mass is 9.98. The first-order valence-corrected chi connectivity index (χ1v) is 5.67. The molecule has 0 aromatic carbocycles. The molecular weight excluding hydrogens is 174 g/mol. The normalized spacial score (nSPS) is 21.5. The number of nitrogens with zero attached hydrogens (tertiary/aromatic N) is 1. The topological polar surface area (TPSA) is 40.7 Å². The summed E-state index contributed by atoms with van der Waals surface area (Å²) in [6.45, 7) is 1.11. The minimum atomic E-state index is 0.917. The molecule has 76 valence electrons. The predicted octanol–water partition coefficient (Wildman–Crippen LogP) is 2.26. The van der Waals surface area contributed by atoms with E-state index in [0.29, 0.717) is 0 Å². The number of aromatic nitrogens is 2. The van der Waals surface area contributed by atoms with Crippen LogP contribution in [-0.4, -0.2) is 16.5 Å². The smallest absolute Gasteiger partial charge is 0.200 e. The Hall–Kier alpha value is -0.990. The minimum absolute atomic E-state index is 0.917. The maximum atomic E-state index is 4.18. The summed E-state index contributed by atoms with van der Waals surface area (Å²) in [5.74, 6) is 3.88. The molecule has 0 saturated heterocycles. The molecule has 0 spiro atoms. The minimum Gasteiger partial charge on any atom is -0.356 e. The van der Waals surface area contributed by atoms with Gasteiger partial charge in [-0.15, -0.1) is 0 Å². The number of hydrogen-bond donors (Lipinski definition) is 2. The number of aromatic amines is 1. The van der Waals surface area contributed by atoms with E-state index in [1.165, 1.54) is 25.7 Å². The van der Waals surface area contributed by atoms with Crippen molar-refractivity contribution < 1.29 is 0 Å². The molecule has 1 aromatic heterocycles. The molecule has 0 radical (unpaired) electrons. The highest BCUT2D eigenvalue weighted by Gasteiger charge is 2.40. The van der Waals surface area contributed by atoms with Gasteiger partial charge in [0.25, 0.3) is 0 Å². The van der Waals surface area contributed by atoms with Crippen LogP contribution in [0.1, 0.15) is 25.7 Å².